The number of hydrogen-bond acceptors (Lipinski definition) is 7. The number of nitrogens with one attached hydrogen (secondary N) is 1. The van der Waals surface area contributed by atoms with E-state index < -0.39 is 0 Å². The summed E-state index contributed by atoms with van der Waals surface area (Å²) in [4.78, 5) is 16.5. The quantitative estimate of drug-likeness (QED) is 0.708. The number of methoxy groups -OCH3 is 1. The second kappa shape index (κ2) is 6.61. The van der Waals surface area contributed by atoms with Crippen LogP contribution in [0.1, 0.15) is 0 Å². The number of nitrogens with zero attached hydrogens (tertiary/aromatic N) is 5. The summed E-state index contributed by atoms with van der Waals surface area (Å²) >= 11 is 1.26. The van der Waals surface area contributed by atoms with Crippen molar-refractivity contribution in [3.05, 3.63) is 30.5 Å². The SMILES string of the molecule is COc1cc(NC(=O)CSc2nnnn2C)c2ncccc2c1. The number of carbonyl (C=O) groups is 1. The summed E-state index contributed by atoms with van der Waals surface area (Å²) < 4.78 is 6.78. The average Bonchev–Trinajstić information content (AvgIpc) is 2.98. The van der Waals surface area contributed by atoms with Crippen LogP contribution >= 0.6 is 11.8 Å². The van der Waals surface area contributed by atoms with Crippen LogP contribution < -0.4 is 10.1 Å². The molecule has 0 aliphatic heterocycles. The zero-order chi connectivity index (χ0) is 16.2. The number of amides is 1. The van der Waals surface area contributed by atoms with E-state index in [4.69, 9.17) is 4.74 Å². The minimum absolute atomic E-state index is 0.168. The normalized spacial score (nSPS) is 10.7. The molecule has 2 heterocycles. The summed E-state index contributed by atoms with van der Waals surface area (Å²) in [6.07, 6.45) is 1.68. The Labute approximate surface area is 136 Å². The Morgan fingerprint density at radius 1 is 1.43 bits per heavy atom. The lowest BCUT2D eigenvalue weighted by molar-refractivity contribution is -0.113. The highest BCUT2D eigenvalue weighted by atomic mass is 32.2. The summed E-state index contributed by atoms with van der Waals surface area (Å²) in [5.74, 6) is 0.684. The molecule has 8 nitrogen and oxygen atoms in total. The number of anilines is 1. The Morgan fingerprint density at radius 3 is 3.04 bits per heavy atom. The van der Waals surface area contributed by atoms with Gasteiger partial charge >= 0.3 is 0 Å². The van der Waals surface area contributed by atoms with Gasteiger partial charge in [-0.05, 0) is 22.6 Å². The molecule has 1 amide bonds. The molecule has 0 fully saturated rings. The Hall–Kier alpha value is -2.68. The number of ether oxygens (including phenoxy) is 1. The molecule has 0 atom stereocenters. The van der Waals surface area contributed by atoms with E-state index in [-0.39, 0.29) is 11.7 Å². The number of aromatic nitrogens is 5. The number of pyridine rings is 1. The molecule has 0 spiro atoms. The first-order valence-corrected chi connectivity index (χ1v) is 7.73. The van der Waals surface area contributed by atoms with Crippen molar-refractivity contribution in [1.29, 1.82) is 0 Å². The topological polar surface area (TPSA) is 94.8 Å². The monoisotopic (exact) mass is 330 g/mol. The van der Waals surface area contributed by atoms with Gasteiger partial charge < -0.3 is 10.1 Å². The maximum Gasteiger partial charge on any atom is 0.234 e. The van der Waals surface area contributed by atoms with Gasteiger partial charge in [0.1, 0.15) is 5.75 Å². The second-order valence-corrected chi connectivity index (χ2v) is 5.61. The Bertz CT molecular complexity index is 850. The molecule has 2 aromatic heterocycles. The van der Waals surface area contributed by atoms with Crippen molar-refractivity contribution in [2.24, 2.45) is 7.05 Å². The molecule has 0 bridgehead atoms. The molecule has 9 heteroatoms. The van der Waals surface area contributed by atoms with Crippen molar-refractivity contribution >= 4 is 34.3 Å². The third-order valence-electron chi connectivity index (χ3n) is 3.10. The van der Waals surface area contributed by atoms with E-state index in [1.807, 2.05) is 18.2 Å². The van der Waals surface area contributed by atoms with Crippen LogP contribution in [0.15, 0.2) is 35.6 Å². The summed E-state index contributed by atoms with van der Waals surface area (Å²) in [6.45, 7) is 0. The highest BCUT2D eigenvalue weighted by molar-refractivity contribution is 7.99. The van der Waals surface area contributed by atoms with Crippen molar-refractivity contribution in [3.8, 4) is 5.75 Å². The van der Waals surface area contributed by atoms with Gasteiger partial charge in [0.2, 0.25) is 11.1 Å². The largest absolute Gasteiger partial charge is 0.497 e. The van der Waals surface area contributed by atoms with Gasteiger partial charge in [0.25, 0.3) is 0 Å². The smallest absolute Gasteiger partial charge is 0.234 e. The lowest BCUT2D eigenvalue weighted by Crippen LogP contribution is -2.15. The van der Waals surface area contributed by atoms with E-state index in [2.05, 4.69) is 25.8 Å². The molecule has 3 aromatic rings. The number of aryl methyl sites for hydroxylation is 1. The van der Waals surface area contributed by atoms with E-state index in [0.717, 1.165) is 5.39 Å². The highest BCUT2D eigenvalue weighted by Crippen LogP contribution is 2.28. The van der Waals surface area contributed by atoms with Gasteiger partial charge in [0.15, 0.2) is 0 Å². The molecule has 0 aliphatic carbocycles. The second-order valence-electron chi connectivity index (χ2n) is 4.67. The Kier molecular flexibility index (Phi) is 4.38. The molecule has 0 saturated carbocycles. The third-order valence-corrected chi connectivity index (χ3v) is 4.11. The molecule has 0 radical (unpaired) electrons. The molecule has 1 N–H and O–H groups in total. The summed E-state index contributed by atoms with van der Waals surface area (Å²) in [5.41, 5.74) is 1.33. The number of fused-ring (bicyclic) bond motifs is 1. The molecule has 3 rings (SSSR count). The predicted molar refractivity (Wildman–Crippen MR) is 86.4 cm³/mol. The highest BCUT2D eigenvalue weighted by Gasteiger charge is 2.11. The van der Waals surface area contributed by atoms with Crippen LogP contribution in [0.2, 0.25) is 0 Å². The van der Waals surface area contributed by atoms with Crippen LogP contribution in [0, 0.1) is 0 Å². The Balaban J connectivity index is 1.77. The van der Waals surface area contributed by atoms with E-state index >= 15 is 0 Å². The van der Waals surface area contributed by atoms with Gasteiger partial charge in [-0.25, -0.2) is 4.68 Å². The van der Waals surface area contributed by atoms with E-state index in [9.17, 15) is 4.79 Å². The molecule has 0 aliphatic rings. The maximum absolute atomic E-state index is 12.2. The molecule has 0 unspecified atom stereocenters. The number of benzene rings is 1. The molecular weight excluding hydrogens is 316 g/mol. The van der Waals surface area contributed by atoms with Crippen LogP contribution in [0.25, 0.3) is 10.9 Å². The van der Waals surface area contributed by atoms with Crippen molar-refractivity contribution in [3.63, 3.8) is 0 Å². The van der Waals surface area contributed by atoms with Crippen LogP contribution in [0.5, 0.6) is 5.75 Å². The molecular formula is C14H14N6O2S. The standard InChI is InChI=1S/C14H14N6O2S/c1-20-14(17-18-19-20)23-8-12(21)16-11-7-10(22-2)6-9-4-3-5-15-13(9)11/h3-7H,8H2,1-2H3,(H,16,21). The fourth-order valence-corrected chi connectivity index (χ4v) is 2.69. The minimum Gasteiger partial charge on any atom is -0.497 e. The van der Waals surface area contributed by atoms with Gasteiger partial charge in [-0.1, -0.05) is 17.8 Å². The predicted octanol–water partition coefficient (Wildman–Crippen LogP) is 1.50. The number of hydrogen-bond donors (Lipinski definition) is 1. The minimum atomic E-state index is -0.168. The average molecular weight is 330 g/mol. The first-order chi connectivity index (χ1) is 11.2. The molecule has 23 heavy (non-hydrogen) atoms. The Morgan fingerprint density at radius 2 is 2.30 bits per heavy atom. The van der Waals surface area contributed by atoms with Crippen molar-refractivity contribution in [1.82, 2.24) is 25.2 Å². The van der Waals surface area contributed by atoms with Gasteiger partial charge in [0.05, 0.1) is 24.1 Å². The van der Waals surface area contributed by atoms with Crippen LogP contribution in [-0.4, -0.2) is 44.0 Å². The zero-order valence-corrected chi connectivity index (χ0v) is 13.4. The van der Waals surface area contributed by atoms with Gasteiger partial charge in [-0.3, -0.25) is 9.78 Å². The first-order valence-electron chi connectivity index (χ1n) is 6.75. The lowest BCUT2D eigenvalue weighted by atomic mass is 10.2. The van der Waals surface area contributed by atoms with Gasteiger partial charge in [-0.2, -0.15) is 0 Å². The molecule has 1 aromatic carbocycles. The van der Waals surface area contributed by atoms with E-state index in [1.165, 1.54) is 16.4 Å². The van der Waals surface area contributed by atoms with E-state index in [1.54, 1.807) is 26.4 Å². The van der Waals surface area contributed by atoms with Gasteiger partial charge in [-0.15, -0.1) is 5.10 Å². The van der Waals surface area contributed by atoms with Crippen LogP contribution in [-0.2, 0) is 11.8 Å². The number of rotatable bonds is 5. The maximum atomic E-state index is 12.2. The fraction of sp³-hybridized carbons (Fsp3) is 0.214. The number of thioether (sulfide) groups is 1. The van der Waals surface area contributed by atoms with Crippen molar-refractivity contribution in [2.45, 2.75) is 5.16 Å². The number of carbonyl (C=O) groups excluding carboxylic acids is 1. The van der Waals surface area contributed by atoms with Crippen LogP contribution in [0.4, 0.5) is 5.69 Å². The summed E-state index contributed by atoms with van der Waals surface area (Å²) in [5, 5.41) is 15.4. The lowest BCUT2D eigenvalue weighted by Gasteiger charge is -2.10. The van der Waals surface area contributed by atoms with Crippen molar-refractivity contribution in [2.75, 3.05) is 18.2 Å². The number of tetrazole rings is 1. The van der Waals surface area contributed by atoms with E-state index in [0.29, 0.717) is 22.1 Å². The molecule has 118 valence electrons. The van der Waals surface area contributed by atoms with Crippen molar-refractivity contribution < 1.29 is 9.53 Å². The summed E-state index contributed by atoms with van der Waals surface area (Å²) in [7, 11) is 3.31. The zero-order valence-electron chi connectivity index (χ0n) is 12.6. The fourth-order valence-electron chi connectivity index (χ4n) is 2.04. The van der Waals surface area contributed by atoms with Crippen LogP contribution in [0.3, 0.4) is 0 Å². The first kappa shape index (κ1) is 15.2. The van der Waals surface area contributed by atoms with Gasteiger partial charge in [0, 0.05) is 24.7 Å². The molecule has 0 saturated heterocycles. The summed E-state index contributed by atoms with van der Waals surface area (Å²) in [6, 6.07) is 7.38. The third kappa shape index (κ3) is 3.39.